The standard InChI is InChI=1S/C15H28N2O2/c1-3-17-10-12(9-15(18)19-2)8-14(11-17)16-13-6-4-5-7-13/h12-14,16H,3-11H2,1-2H3. The Hall–Kier alpha value is -0.610. The fourth-order valence-electron chi connectivity index (χ4n) is 3.57. The first-order valence-corrected chi connectivity index (χ1v) is 7.76. The van der Waals surface area contributed by atoms with Crippen LogP contribution in [0.15, 0.2) is 0 Å². The zero-order valence-electron chi connectivity index (χ0n) is 12.4. The molecule has 2 fully saturated rings. The van der Waals surface area contributed by atoms with Gasteiger partial charge in [-0.05, 0) is 31.7 Å². The molecule has 1 aliphatic carbocycles. The van der Waals surface area contributed by atoms with Crippen molar-refractivity contribution in [2.45, 2.75) is 57.5 Å². The summed E-state index contributed by atoms with van der Waals surface area (Å²) in [5.74, 6) is 0.377. The van der Waals surface area contributed by atoms with Crippen molar-refractivity contribution in [1.82, 2.24) is 10.2 Å². The molecular formula is C15H28N2O2. The van der Waals surface area contributed by atoms with Gasteiger partial charge in [0.25, 0.3) is 0 Å². The molecule has 1 heterocycles. The SMILES string of the molecule is CCN1CC(CC(=O)OC)CC(NC2CCCC2)C1. The number of carbonyl (C=O) groups excluding carboxylic acids is 1. The van der Waals surface area contributed by atoms with E-state index < -0.39 is 0 Å². The van der Waals surface area contributed by atoms with Gasteiger partial charge < -0.3 is 15.0 Å². The first-order chi connectivity index (χ1) is 9.21. The number of nitrogens with one attached hydrogen (secondary N) is 1. The summed E-state index contributed by atoms with van der Waals surface area (Å²) < 4.78 is 4.81. The van der Waals surface area contributed by atoms with Crippen LogP contribution in [0, 0.1) is 5.92 Å². The average molecular weight is 268 g/mol. The molecule has 1 aliphatic heterocycles. The fraction of sp³-hybridized carbons (Fsp3) is 0.933. The van der Waals surface area contributed by atoms with Gasteiger partial charge in [-0.25, -0.2) is 0 Å². The molecule has 19 heavy (non-hydrogen) atoms. The van der Waals surface area contributed by atoms with E-state index in [-0.39, 0.29) is 5.97 Å². The van der Waals surface area contributed by atoms with Crippen LogP contribution in [0.5, 0.6) is 0 Å². The van der Waals surface area contributed by atoms with Crippen LogP contribution >= 0.6 is 0 Å². The minimum atomic E-state index is -0.0671. The third kappa shape index (κ3) is 4.46. The molecule has 1 saturated carbocycles. The van der Waals surface area contributed by atoms with Gasteiger partial charge in [-0.15, -0.1) is 0 Å². The normalized spacial score (nSPS) is 29.6. The predicted octanol–water partition coefficient (Wildman–Crippen LogP) is 1.79. The summed E-state index contributed by atoms with van der Waals surface area (Å²) in [5.41, 5.74) is 0. The van der Waals surface area contributed by atoms with Crippen LogP contribution < -0.4 is 5.32 Å². The van der Waals surface area contributed by atoms with Crippen molar-refractivity contribution < 1.29 is 9.53 Å². The van der Waals surface area contributed by atoms with Crippen molar-refractivity contribution in [3.05, 3.63) is 0 Å². The summed E-state index contributed by atoms with van der Waals surface area (Å²) in [4.78, 5) is 13.9. The minimum Gasteiger partial charge on any atom is -0.469 e. The Morgan fingerprint density at radius 3 is 2.63 bits per heavy atom. The van der Waals surface area contributed by atoms with E-state index in [2.05, 4.69) is 17.1 Å². The predicted molar refractivity (Wildman–Crippen MR) is 76.0 cm³/mol. The highest BCUT2D eigenvalue weighted by atomic mass is 16.5. The number of hydrogen-bond donors (Lipinski definition) is 1. The molecule has 4 heteroatoms. The number of rotatable bonds is 5. The molecule has 2 atom stereocenters. The summed E-state index contributed by atoms with van der Waals surface area (Å²) in [7, 11) is 1.48. The molecule has 2 aliphatic rings. The second-order valence-electron chi connectivity index (χ2n) is 6.08. The smallest absolute Gasteiger partial charge is 0.305 e. The van der Waals surface area contributed by atoms with E-state index in [0.29, 0.717) is 24.4 Å². The van der Waals surface area contributed by atoms with Crippen LogP contribution in [0.25, 0.3) is 0 Å². The van der Waals surface area contributed by atoms with Crippen molar-refractivity contribution in [2.75, 3.05) is 26.7 Å². The van der Waals surface area contributed by atoms with E-state index in [0.717, 1.165) is 26.1 Å². The van der Waals surface area contributed by atoms with Gasteiger partial charge in [-0.3, -0.25) is 4.79 Å². The Labute approximate surface area is 116 Å². The lowest BCUT2D eigenvalue weighted by molar-refractivity contribution is -0.142. The van der Waals surface area contributed by atoms with E-state index >= 15 is 0 Å². The van der Waals surface area contributed by atoms with Gasteiger partial charge in [0.2, 0.25) is 0 Å². The molecule has 0 bridgehead atoms. The molecule has 0 aromatic carbocycles. The zero-order chi connectivity index (χ0) is 13.7. The minimum absolute atomic E-state index is 0.0671. The van der Waals surface area contributed by atoms with E-state index in [9.17, 15) is 4.79 Å². The number of likely N-dealkylation sites (tertiary alicyclic amines) is 1. The van der Waals surface area contributed by atoms with Crippen LogP contribution in [0.3, 0.4) is 0 Å². The summed E-state index contributed by atoms with van der Waals surface area (Å²) in [6, 6.07) is 1.26. The maximum atomic E-state index is 11.5. The average Bonchev–Trinajstić information content (AvgIpc) is 2.91. The molecule has 0 spiro atoms. The van der Waals surface area contributed by atoms with Crippen LogP contribution in [-0.2, 0) is 9.53 Å². The second-order valence-corrected chi connectivity index (χ2v) is 6.08. The topological polar surface area (TPSA) is 41.6 Å². The number of carbonyl (C=O) groups is 1. The highest BCUT2D eigenvalue weighted by Gasteiger charge is 2.30. The van der Waals surface area contributed by atoms with Crippen molar-refractivity contribution in [3.63, 3.8) is 0 Å². The number of hydrogen-bond acceptors (Lipinski definition) is 4. The number of ether oxygens (including phenoxy) is 1. The molecule has 110 valence electrons. The molecule has 4 nitrogen and oxygen atoms in total. The van der Waals surface area contributed by atoms with Crippen molar-refractivity contribution >= 4 is 5.97 Å². The van der Waals surface area contributed by atoms with Crippen LogP contribution in [0.4, 0.5) is 0 Å². The van der Waals surface area contributed by atoms with Gasteiger partial charge in [-0.2, -0.15) is 0 Å². The number of esters is 1. The third-order valence-corrected chi connectivity index (χ3v) is 4.57. The third-order valence-electron chi connectivity index (χ3n) is 4.57. The number of likely N-dealkylation sites (N-methyl/N-ethyl adjacent to an activating group) is 1. The highest BCUT2D eigenvalue weighted by molar-refractivity contribution is 5.69. The van der Waals surface area contributed by atoms with E-state index in [1.165, 1.54) is 32.8 Å². The lowest BCUT2D eigenvalue weighted by Gasteiger charge is -2.38. The maximum Gasteiger partial charge on any atom is 0.305 e. The molecule has 2 rings (SSSR count). The molecule has 0 radical (unpaired) electrons. The lowest BCUT2D eigenvalue weighted by Crippen LogP contribution is -2.51. The van der Waals surface area contributed by atoms with Crippen molar-refractivity contribution in [1.29, 1.82) is 0 Å². The Morgan fingerprint density at radius 1 is 1.26 bits per heavy atom. The Kier molecular flexibility index (Phi) is 5.64. The zero-order valence-corrected chi connectivity index (χ0v) is 12.4. The quantitative estimate of drug-likeness (QED) is 0.772. The monoisotopic (exact) mass is 268 g/mol. The van der Waals surface area contributed by atoms with E-state index in [1.54, 1.807) is 0 Å². The first kappa shape index (κ1) is 14.8. The van der Waals surface area contributed by atoms with Gasteiger partial charge in [0.15, 0.2) is 0 Å². The summed E-state index contributed by atoms with van der Waals surface area (Å²) in [6.45, 7) is 5.44. The van der Waals surface area contributed by atoms with Gasteiger partial charge in [-0.1, -0.05) is 19.8 Å². The van der Waals surface area contributed by atoms with Crippen molar-refractivity contribution in [2.24, 2.45) is 5.92 Å². The highest BCUT2D eigenvalue weighted by Crippen LogP contribution is 2.24. The van der Waals surface area contributed by atoms with Crippen LogP contribution in [0.2, 0.25) is 0 Å². The summed E-state index contributed by atoms with van der Waals surface area (Å²) in [5, 5.41) is 3.81. The number of piperidine rings is 1. The maximum absolute atomic E-state index is 11.5. The molecule has 2 unspecified atom stereocenters. The fourth-order valence-corrected chi connectivity index (χ4v) is 3.57. The second kappa shape index (κ2) is 7.25. The molecule has 1 N–H and O–H groups in total. The van der Waals surface area contributed by atoms with E-state index in [1.807, 2.05) is 0 Å². The molecule has 1 saturated heterocycles. The lowest BCUT2D eigenvalue weighted by atomic mass is 9.91. The summed E-state index contributed by atoms with van der Waals surface area (Å²) in [6.07, 6.45) is 7.06. The Bertz CT molecular complexity index is 290. The largest absolute Gasteiger partial charge is 0.469 e. The van der Waals surface area contributed by atoms with Crippen LogP contribution in [-0.4, -0.2) is 49.7 Å². The van der Waals surface area contributed by atoms with Crippen LogP contribution in [0.1, 0.15) is 45.4 Å². The Morgan fingerprint density at radius 2 is 2.00 bits per heavy atom. The van der Waals surface area contributed by atoms with Gasteiger partial charge >= 0.3 is 5.97 Å². The van der Waals surface area contributed by atoms with Gasteiger partial charge in [0.05, 0.1) is 7.11 Å². The number of nitrogens with zero attached hydrogens (tertiary/aromatic N) is 1. The van der Waals surface area contributed by atoms with Crippen molar-refractivity contribution in [3.8, 4) is 0 Å². The Balaban J connectivity index is 1.85. The first-order valence-electron chi connectivity index (χ1n) is 7.76. The number of methoxy groups -OCH3 is 1. The molecule has 0 aromatic heterocycles. The van der Waals surface area contributed by atoms with Gasteiger partial charge in [0, 0.05) is 31.6 Å². The van der Waals surface area contributed by atoms with E-state index in [4.69, 9.17) is 4.74 Å². The molecule has 0 aromatic rings. The molecular weight excluding hydrogens is 240 g/mol. The molecule has 0 amide bonds. The summed E-state index contributed by atoms with van der Waals surface area (Å²) >= 11 is 0. The van der Waals surface area contributed by atoms with Gasteiger partial charge in [0.1, 0.15) is 0 Å².